The number of unbranched alkanes of at least 4 members (excludes halogenated alkanes) is 1. The Morgan fingerprint density at radius 3 is 2.72 bits per heavy atom. The van der Waals surface area contributed by atoms with Crippen LogP contribution in [0, 0.1) is 0 Å². The SMILES string of the molecule is CCCCn1nc(NC(C)C)c(C(=O)OC)c1N. The number of esters is 1. The largest absolute Gasteiger partial charge is 0.465 e. The van der Waals surface area contributed by atoms with Crippen molar-refractivity contribution in [3.63, 3.8) is 0 Å². The number of carbonyl (C=O) groups excluding carboxylic acids is 1. The van der Waals surface area contributed by atoms with E-state index >= 15 is 0 Å². The van der Waals surface area contributed by atoms with Crippen molar-refractivity contribution in [3.05, 3.63) is 5.56 Å². The monoisotopic (exact) mass is 254 g/mol. The van der Waals surface area contributed by atoms with Gasteiger partial charge in [-0.05, 0) is 20.3 Å². The van der Waals surface area contributed by atoms with Gasteiger partial charge in [-0.3, -0.25) is 0 Å². The van der Waals surface area contributed by atoms with Crippen LogP contribution in [-0.4, -0.2) is 28.9 Å². The van der Waals surface area contributed by atoms with Crippen molar-refractivity contribution in [1.82, 2.24) is 9.78 Å². The number of ether oxygens (including phenoxy) is 1. The normalized spacial score (nSPS) is 10.7. The van der Waals surface area contributed by atoms with Crippen molar-refractivity contribution in [1.29, 1.82) is 0 Å². The predicted octanol–water partition coefficient (Wildman–Crippen LogP) is 1.87. The zero-order chi connectivity index (χ0) is 13.7. The van der Waals surface area contributed by atoms with E-state index in [0.29, 0.717) is 23.7 Å². The number of nitrogens with zero attached hydrogens (tertiary/aromatic N) is 2. The second-order valence-corrected chi connectivity index (χ2v) is 4.48. The summed E-state index contributed by atoms with van der Waals surface area (Å²) in [4.78, 5) is 11.7. The quantitative estimate of drug-likeness (QED) is 0.757. The van der Waals surface area contributed by atoms with Crippen LogP contribution in [0.5, 0.6) is 0 Å². The smallest absolute Gasteiger partial charge is 0.345 e. The number of carbonyl (C=O) groups is 1. The lowest BCUT2D eigenvalue weighted by molar-refractivity contribution is 0.0603. The van der Waals surface area contributed by atoms with Gasteiger partial charge in [0, 0.05) is 12.6 Å². The van der Waals surface area contributed by atoms with E-state index in [9.17, 15) is 4.79 Å². The van der Waals surface area contributed by atoms with E-state index in [1.807, 2.05) is 13.8 Å². The minimum atomic E-state index is -0.460. The van der Waals surface area contributed by atoms with E-state index in [-0.39, 0.29) is 6.04 Å². The Bertz CT molecular complexity index is 412. The van der Waals surface area contributed by atoms with E-state index < -0.39 is 5.97 Å². The first-order chi connectivity index (χ1) is 8.51. The average molecular weight is 254 g/mol. The molecule has 0 unspecified atom stereocenters. The van der Waals surface area contributed by atoms with Crippen LogP contribution in [0.3, 0.4) is 0 Å². The third kappa shape index (κ3) is 3.15. The molecule has 0 aliphatic carbocycles. The molecule has 0 atom stereocenters. The molecule has 3 N–H and O–H groups in total. The number of hydrogen-bond donors (Lipinski definition) is 2. The zero-order valence-electron chi connectivity index (χ0n) is 11.5. The molecule has 1 aromatic rings. The van der Waals surface area contributed by atoms with Crippen molar-refractivity contribution in [2.75, 3.05) is 18.2 Å². The van der Waals surface area contributed by atoms with E-state index in [1.54, 1.807) is 4.68 Å². The van der Waals surface area contributed by atoms with Gasteiger partial charge < -0.3 is 15.8 Å². The van der Waals surface area contributed by atoms with Crippen LogP contribution in [0.25, 0.3) is 0 Å². The van der Waals surface area contributed by atoms with E-state index in [1.165, 1.54) is 7.11 Å². The zero-order valence-corrected chi connectivity index (χ0v) is 11.5. The summed E-state index contributed by atoms with van der Waals surface area (Å²) in [5.41, 5.74) is 6.28. The first kappa shape index (κ1) is 14.3. The number of nitrogens with one attached hydrogen (secondary N) is 1. The molecule has 0 aliphatic heterocycles. The fourth-order valence-corrected chi connectivity index (χ4v) is 1.63. The summed E-state index contributed by atoms with van der Waals surface area (Å²) in [6, 6.07) is 0.169. The van der Waals surface area contributed by atoms with Gasteiger partial charge in [0.05, 0.1) is 7.11 Å². The molecule has 102 valence electrons. The van der Waals surface area contributed by atoms with E-state index in [2.05, 4.69) is 17.3 Å². The second-order valence-electron chi connectivity index (χ2n) is 4.48. The fraction of sp³-hybridized carbons (Fsp3) is 0.667. The first-order valence-electron chi connectivity index (χ1n) is 6.22. The summed E-state index contributed by atoms with van der Waals surface area (Å²) in [5, 5.41) is 7.45. The molecule has 0 saturated carbocycles. The third-order valence-electron chi connectivity index (χ3n) is 2.53. The van der Waals surface area contributed by atoms with Crippen LogP contribution < -0.4 is 11.1 Å². The summed E-state index contributed by atoms with van der Waals surface area (Å²) in [5.74, 6) is 0.391. The molecular weight excluding hydrogens is 232 g/mol. The van der Waals surface area contributed by atoms with Gasteiger partial charge in [-0.1, -0.05) is 13.3 Å². The third-order valence-corrected chi connectivity index (χ3v) is 2.53. The summed E-state index contributed by atoms with van der Waals surface area (Å²) in [7, 11) is 1.34. The Morgan fingerprint density at radius 1 is 1.56 bits per heavy atom. The molecule has 0 spiro atoms. The number of anilines is 2. The summed E-state index contributed by atoms with van der Waals surface area (Å²) >= 11 is 0. The lowest BCUT2D eigenvalue weighted by Crippen LogP contribution is -2.14. The highest BCUT2D eigenvalue weighted by atomic mass is 16.5. The van der Waals surface area contributed by atoms with Gasteiger partial charge in [0.15, 0.2) is 5.82 Å². The molecular formula is C12H22N4O2. The Morgan fingerprint density at radius 2 is 2.22 bits per heavy atom. The van der Waals surface area contributed by atoms with Gasteiger partial charge in [-0.2, -0.15) is 5.10 Å². The lowest BCUT2D eigenvalue weighted by Gasteiger charge is -2.07. The molecule has 6 nitrogen and oxygen atoms in total. The molecule has 6 heteroatoms. The van der Waals surface area contributed by atoms with Crippen LogP contribution in [0.15, 0.2) is 0 Å². The molecule has 0 bridgehead atoms. The van der Waals surface area contributed by atoms with Gasteiger partial charge in [0.25, 0.3) is 0 Å². The molecule has 1 aromatic heterocycles. The van der Waals surface area contributed by atoms with Gasteiger partial charge in [0.1, 0.15) is 11.4 Å². The van der Waals surface area contributed by atoms with Gasteiger partial charge in [0.2, 0.25) is 0 Å². The van der Waals surface area contributed by atoms with Crippen molar-refractivity contribution in [3.8, 4) is 0 Å². The highest BCUT2D eigenvalue weighted by Gasteiger charge is 2.23. The molecule has 0 amide bonds. The maximum absolute atomic E-state index is 11.7. The fourth-order valence-electron chi connectivity index (χ4n) is 1.63. The first-order valence-corrected chi connectivity index (χ1v) is 6.22. The minimum absolute atomic E-state index is 0.169. The Labute approximate surface area is 107 Å². The number of aromatic nitrogens is 2. The van der Waals surface area contributed by atoms with Crippen molar-refractivity contribution in [2.24, 2.45) is 0 Å². The van der Waals surface area contributed by atoms with Crippen LogP contribution in [-0.2, 0) is 11.3 Å². The second kappa shape index (κ2) is 6.28. The van der Waals surface area contributed by atoms with Crippen LogP contribution >= 0.6 is 0 Å². The average Bonchev–Trinajstić information content (AvgIpc) is 2.61. The standard InChI is InChI=1S/C12H22N4O2/c1-5-6-7-16-10(13)9(12(17)18-4)11(15-16)14-8(2)3/h8H,5-7,13H2,1-4H3,(H,14,15). The lowest BCUT2D eigenvalue weighted by atomic mass is 10.2. The van der Waals surface area contributed by atoms with E-state index in [0.717, 1.165) is 12.8 Å². The number of hydrogen-bond acceptors (Lipinski definition) is 5. The van der Waals surface area contributed by atoms with Crippen molar-refractivity contribution >= 4 is 17.6 Å². The number of nitrogens with two attached hydrogens (primary N) is 1. The molecule has 0 fully saturated rings. The van der Waals surface area contributed by atoms with Crippen molar-refractivity contribution < 1.29 is 9.53 Å². The minimum Gasteiger partial charge on any atom is -0.465 e. The van der Waals surface area contributed by atoms with Crippen molar-refractivity contribution in [2.45, 2.75) is 46.2 Å². The maximum Gasteiger partial charge on any atom is 0.345 e. The predicted molar refractivity (Wildman–Crippen MR) is 71.6 cm³/mol. The van der Waals surface area contributed by atoms with E-state index in [4.69, 9.17) is 10.5 Å². The van der Waals surface area contributed by atoms with Crippen LogP contribution in [0.4, 0.5) is 11.6 Å². The maximum atomic E-state index is 11.7. The van der Waals surface area contributed by atoms with Gasteiger partial charge >= 0.3 is 5.97 Å². The summed E-state index contributed by atoms with van der Waals surface area (Å²) < 4.78 is 6.40. The molecule has 1 heterocycles. The van der Waals surface area contributed by atoms with Gasteiger partial charge in [-0.25, -0.2) is 9.48 Å². The molecule has 0 saturated heterocycles. The number of aryl methyl sites for hydroxylation is 1. The summed E-state index contributed by atoms with van der Waals surface area (Å²) in [6.45, 7) is 6.74. The molecule has 0 radical (unpaired) electrons. The Hall–Kier alpha value is -1.72. The molecule has 18 heavy (non-hydrogen) atoms. The Kier molecular flexibility index (Phi) is 5.00. The molecule has 0 aliphatic rings. The number of rotatable bonds is 6. The van der Waals surface area contributed by atoms with Crippen LogP contribution in [0.2, 0.25) is 0 Å². The summed E-state index contributed by atoms with van der Waals surface area (Å²) in [6.07, 6.45) is 2.01. The Balaban J connectivity index is 3.09. The highest BCUT2D eigenvalue weighted by molar-refractivity contribution is 5.99. The highest BCUT2D eigenvalue weighted by Crippen LogP contribution is 2.23. The van der Waals surface area contributed by atoms with Crippen LogP contribution in [0.1, 0.15) is 44.0 Å². The number of methoxy groups -OCH3 is 1. The molecule has 1 rings (SSSR count). The number of nitrogen functional groups attached to an aromatic ring is 1. The topological polar surface area (TPSA) is 82.2 Å². The molecule has 0 aromatic carbocycles. The van der Waals surface area contributed by atoms with Gasteiger partial charge in [-0.15, -0.1) is 0 Å².